The van der Waals surface area contributed by atoms with Gasteiger partial charge in [-0.3, -0.25) is 0 Å². The van der Waals surface area contributed by atoms with Gasteiger partial charge in [-0.05, 0) is 25.3 Å². The summed E-state index contributed by atoms with van der Waals surface area (Å²) in [5.74, 6) is 0.838. The fourth-order valence-electron chi connectivity index (χ4n) is 1.52. The quantitative estimate of drug-likeness (QED) is 0.623. The van der Waals surface area contributed by atoms with Gasteiger partial charge in [0.2, 0.25) is 0 Å². The Kier molecular flexibility index (Phi) is 3.87. The lowest BCUT2D eigenvalue weighted by atomic mass is 10.1. The molecule has 1 heterocycles. The topological polar surface area (TPSA) is 21.3 Å². The molecular weight excluding hydrogens is 138 g/mol. The third kappa shape index (κ3) is 3.21. The van der Waals surface area contributed by atoms with Gasteiger partial charge >= 0.3 is 0 Å². The van der Waals surface area contributed by atoms with E-state index >= 15 is 0 Å². The molecule has 1 aliphatic heterocycles. The van der Waals surface area contributed by atoms with E-state index in [9.17, 15) is 0 Å². The molecule has 0 aromatic rings. The fourth-order valence-corrected chi connectivity index (χ4v) is 1.52. The number of nitrogens with one attached hydrogen (secondary N) is 1. The number of hydrogen-bond acceptors (Lipinski definition) is 2. The molecule has 2 nitrogen and oxygen atoms in total. The van der Waals surface area contributed by atoms with Crippen LogP contribution in [0.2, 0.25) is 0 Å². The van der Waals surface area contributed by atoms with Crippen LogP contribution in [0.15, 0.2) is 0 Å². The van der Waals surface area contributed by atoms with Crippen molar-refractivity contribution in [2.45, 2.75) is 32.7 Å². The number of hydrogen-bond donors (Lipinski definition) is 1. The second kappa shape index (κ2) is 4.73. The van der Waals surface area contributed by atoms with E-state index in [0.29, 0.717) is 6.04 Å². The van der Waals surface area contributed by atoms with Crippen molar-refractivity contribution in [2.24, 2.45) is 5.92 Å². The maximum atomic E-state index is 5.45. The van der Waals surface area contributed by atoms with Crippen molar-refractivity contribution in [1.29, 1.82) is 0 Å². The van der Waals surface area contributed by atoms with Gasteiger partial charge in [-0.15, -0.1) is 0 Å². The Bertz CT molecular complexity index is 106. The zero-order valence-electron chi connectivity index (χ0n) is 7.60. The molecule has 0 saturated carbocycles. The average molecular weight is 157 g/mol. The van der Waals surface area contributed by atoms with Crippen LogP contribution in [0, 0.1) is 5.92 Å². The molecule has 0 aromatic carbocycles. The van der Waals surface area contributed by atoms with Crippen molar-refractivity contribution >= 4 is 0 Å². The van der Waals surface area contributed by atoms with Crippen molar-refractivity contribution in [2.75, 3.05) is 19.8 Å². The predicted octanol–water partition coefficient (Wildman–Crippen LogP) is 1.41. The number of rotatable bonds is 4. The highest BCUT2D eigenvalue weighted by Crippen LogP contribution is 2.12. The van der Waals surface area contributed by atoms with Crippen LogP contribution in [-0.2, 0) is 4.74 Å². The van der Waals surface area contributed by atoms with E-state index in [1.54, 1.807) is 0 Å². The van der Waals surface area contributed by atoms with E-state index in [1.807, 2.05) is 0 Å². The van der Waals surface area contributed by atoms with Crippen LogP contribution >= 0.6 is 0 Å². The van der Waals surface area contributed by atoms with Gasteiger partial charge in [0.15, 0.2) is 0 Å². The zero-order valence-corrected chi connectivity index (χ0v) is 7.60. The normalized spacial score (nSPS) is 31.1. The van der Waals surface area contributed by atoms with E-state index in [4.69, 9.17) is 4.74 Å². The Morgan fingerprint density at radius 2 is 2.36 bits per heavy atom. The maximum Gasteiger partial charge on any atom is 0.0619 e. The van der Waals surface area contributed by atoms with Crippen LogP contribution in [0.1, 0.15) is 26.7 Å². The van der Waals surface area contributed by atoms with E-state index in [2.05, 4.69) is 19.2 Å². The van der Waals surface area contributed by atoms with E-state index in [-0.39, 0.29) is 0 Å². The molecule has 2 atom stereocenters. The third-order valence-corrected chi connectivity index (χ3v) is 2.11. The summed E-state index contributed by atoms with van der Waals surface area (Å²) < 4.78 is 5.45. The van der Waals surface area contributed by atoms with Gasteiger partial charge in [-0.1, -0.05) is 13.8 Å². The van der Waals surface area contributed by atoms with Gasteiger partial charge in [0.05, 0.1) is 6.61 Å². The van der Waals surface area contributed by atoms with Gasteiger partial charge < -0.3 is 10.1 Å². The Labute approximate surface area is 69.3 Å². The van der Waals surface area contributed by atoms with E-state index < -0.39 is 0 Å². The predicted molar refractivity (Wildman–Crippen MR) is 46.7 cm³/mol. The number of ether oxygens (including phenoxy) is 1. The largest absolute Gasteiger partial charge is 0.380 e. The third-order valence-electron chi connectivity index (χ3n) is 2.11. The van der Waals surface area contributed by atoms with Crippen molar-refractivity contribution in [3.63, 3.8) is 0 Å². The highest BCUT2D eigenvalue weighted by molar-refractivity contribution is 4.78. The second-order valence-electron chi connectivity index (χ2n) is 3.52. The molecule has 66 valence electrons. The molecule has 0 unspecified atom stereocenters. The Hall–Kier alpha value is -0.0800. The minimum absolute atomic E-state index is 0.622. The van der Waals surface area contributed by atoms with Crippen LogP contribution in [0.3, 0.4) is 0 Å². The fraction of sp³-hybridized carbons (Fsp3) is 1.00. The smallest absolute Gasteiger partial charge is 0.0619 e. The molecule has 1 rings (SSSR count). The second-order valence-corrected chi connectivity index (χ2v) is 3.52. The first-order valence-electron chi connectivity index (χ1n) is 4.64. The van der Waals surface area contributed by atoms with Gasteiger partial charge in [0, 0.05) is 12.6 Å². The van der Waals surface area contributed by atoms with Crippen molar-refractivity contribution in [3.05, 3.63) is 0 Å². The van der Waals surface area contributed by atoms with Crippen LogP contribution in [0.5, 0.6) is 0 Å². The molecule has 1 fully saturated rings. The van der Waals surface area contributed by atoms with Gasteiger partial charge in [-0.2, -0.15) is 0 Å². The minimum atomic E-state index is 0.622. The molecular formula is C9H19NO. The monoisotopic (exact) mass is 157 g/mol. The van der Waals surface area contributed by atoms with E-state index in [0.717, 1.165) is 25.6 Å². The van der Waals surface area contributed by atoms with Crippen molar-refractivity contribution in [3.8, 4) is 0 Å². The summed E-state index contributed by atoms with van der Waals surface area (Å²) in [6, 6.07) is 0.622. The zero-order chi connectivity index (χ0) is 8.10. The van der Waals surface area contributed by atoms with Crippen LogP contribution in [-0.4, -0.2) is 25.8 Å². The van der Waals surface area contributed by atoms with Gasteiger partial charge in [0.1, 0.15) is 0 Å². The highest BCUT2D eigenvalue weighted by Gasteiger charge is 2.19. The summed E-state index contributed by atoms with van der Waals surface area (Å²) in [5, 5.41) is 3.44. The molecule has 11 heavy (non-hydrogen) atoms. The van der Waals surface area contributed by atoms with E-state index in [1.165, 1.54) is 13.0 Å². The Balaban J connectivity index is 1.99. The summed E-state index contributed by atoms with van der Waals surface area (Å²) >= 11 is 0. The highest BCUT2D eigenvalue weighted by atomic mass is 16.5. The van der Waals surface area contributed by atoms with Crippen LogP contribution in [0.25, 0.3) is 0 Å². The Morgan fingerprint density at radius 3 is 2.91 bits per heavy atom. The summed E-state index contributed by atoms with van der Waals surface area (Å²) in [6.45, 7) is 7.41. The molecule has 1 aliphatic rings. The standard InChI is InChI=1S/C9H19NO/c1-3-4-11-7-9-5-8(2)6-10-9/h8-10H,3-7H2,1-2H3/t8-,9+/m1/s1. The maximum absolute atomic E-state index is 5.45. The first-order chi connectivity index (χ1) is 5.33. The van der Waals surface area contributed by atoms with Crippen LogP contribution < -0.4 is 5.32 Å². The SMILES string of the molecule is CCCOC[C@@H]1C[C@@H](C)CN1. The molecule has 0 spiro atoms. The van der Waals surface area contributed by atoms with Gasteiger partial charge in [-0.25, -0.2) is 0 Å². The molecule has 0 bridgehead atoms. The average Bonchev–Trinajstić information content (AvgIpc) is 2.37. The first kappa shape index (κ1) is 9.01. The lowest BCUT2D eigenvalue weighted by Gasteiger charge is -2.09. The molecule has 0 amide bonds. The first-order valence-corrected chi connectivity index (χ1v) is 4.64. The lowest BCUT2D eigenvalue weighted by Crippen LogP contribution is -2.26. The summed E-state index contributed by atoms with van der Waals surface area (Å²) in [6.07, 6.45) is 2.41. The molecule has 2 heteroatoms. The molecule has 1 N–H and O–H groups in total. The molecule has 0 aromatic heterocycles. The van der Waals surface area contributed by atoms with Gasteiger partial charge in [0.25, 0.3) is 0 Å². The summed E-state index contributed by atoms with van der Waals surface area (Å²) in [4.78, 5) is 0. The van der Waals surface area contributed by atoms with Crippen molar-refractivity contribution < 1.29 is 4.74 Å². The molecule has 0 aliphatic carbocycles. The van der Waals surface area contributed by atoms with Crippen molar-refractivity contribution in [1.82, 2.24) is 5.32 Å². The molecule has 1 saturated heterocycles. The Morgan fingerprint density at radius 1 is 1.55 bits per heavy atom. The lowest BCUT2D eigenvalue weighted by molar-refractivity contribution is 0.116. The summed E-state index contributed by atoms with van der Waals surface area (Å²) in [5.41, 5.74) is 0. The molecule has 0 radical (unpaired) electrons. The summed E-state index contributed by atoms with van der Waals surface area (Å²) in [7, 11) is 0. The van der Waals surface area contributed by atoms with Crippen LogP contribution in [0.4, 0.5) is 0 Å². The minimum Gasteiger partial charge on any atom is -0.380 e.